The van der Waals surface area contributed by atoms with Crippen molar-refractivity contribution in [3.05, 3.63) is 24.3 Å². The van der Waals surface area contributed by atoms with Crippen LogP contribution in [-0.2, 0) is 14.3 Å². The molecule has 23 heavy (non-hydrogen) atoms. The normalized spacial score (nSPS) is 11.3. The monoisotopic (exact) mass is 324 g/mol. The minimum Gasteiger partial charge on any atom is -0.497 e. The second-order valence-corrected chi connectivity index (χ2v) is 4.86. The second kappa shape index (κ2) is 9.42. The van der Waals surface area contributed by atoms with E-state index in [0.29, 0.717) is 16.3 Å². The first-order valence-corrected chi connectivity index (χ1v) is 7.16. The highest BCUT2D eigenvalue weighted by Gasteiger charge is 2.16. The standard InChI is InChI=1S/C15H21N3O5/c1-4-23-15(21)17-14(20)10-18(2)9-13(19)16-11-6-5-7-12(8-11)22-3/h5-8H,4,9-10H2,1-3H3,(H,16,19)(H,17,20,21)/p+1. The minimum atomic E-state index is -0.786. The fourth-order valence-corrected chi connectivity index (χ4v) is 1.84. The van der Waals surface area contributed by atoms with Gasteiger partial charge >= 0.3 is 6.09 Å². The smallest absolute Gasteiger partial charge is 0.414 e. The predicted molar refractivity (Wildman–Crippen MR) is 83.4 cm³/mol. The number of benzene rings is 1. The molecule has 3 amide bonds. The van der Waals surface area contributed by atoms with Gasteiger partial charge in [-0.05, 0) is 19.1 Å². The summed E-state index contributed by atoms with van der Waals surface area (Å²) in [6.45, 7) is 1.88. The van der Waals surface area contributed by atoms with Crippen molar-refractivity contribution < 1.29 is 28.8 Å². The molecule has 0 radical (unpaired) electrons. The molecule has 0 aromatic heterocycles. The summed E-state index contributed by atoms with van der Waals surface area (Å²) in [6, 6.07) is 6.97. The lowest BCUT2D eigenvalue weighted by Crippen LogP contribution is -3.11. The maximum absolute atomic E-state index is 11.9. The average molecular weight is 324 g/mol. The number of amides is 3. The van der Waals surface area contributed by atoms with Crippen molar-refractivity contribution in [1.29, 1.82) is 0 Å². The van der Waals surface area contributed by atoms with Gasteiger partial charge in [-0.2, -0.15) is 0 Å². The molecule has 1 rings (SSSR count). The summed E-state index contributed by atoms with van der Waals surface area (Å²) in [4.78, 5) is 35.2. The number of carbonyl (C=O) groups excluding carboxylic acids is 3. The molecule has 0 saturated carbocycles. The molecule has 0 spiro atoms. The lowest BCUT2D eigenvalue weighted by atomic mass is 10.3. The van der Waals surface area contributed by atoms with E-state index in [9.17, 15) is 14.4 Å². The molecule has 0 aliphatic rings. The summed E-state index contributed by atoms with van der Waals surface area (Å²) < 4.78 is 9.68. The molecule has 126 valence electrons. The Balaban J connectivity index is 2.41. The van der Waals surface area contributed by atoms with Crippen LogP contribution in [0.25, 0.3) is 0 Å². The van der Waals surface area contributed by atoms with Crippen LogP contribution < -0.4 is 20.3 Å². The molecule has 8 heteroatoms. The number of ether oxygens (including phenoxy) is 2. The van der Waals surface area contributed by atoms with Crippen molar-refractivity contribution in [2.24, 2.45) is 0 Å². The fraction of sp³-hybridized carbons (Fsp3) is 0.400. The number of rotatable bonds is 7. The number of carbonyl (C=O) groups is 3. The van der Waals surface area contributed by atoms with E-state index < -0.39 is 12.0 Å². The Morgan fingerprint density at radius 2 is 1.87 bits per heavy atom. The Hall–Kier alpha value is -2.61. The van der Waals surface area contributed by atoms with Crippen LogP contribution in [0.3, 0.4) is 0 Å². The number of methoxy groups -OCH3 is 1. The summed E-state index contributed by atoms with van der Waals surface area (Å²) in [6.07, 6.45) is -0.786. The Morgan fingerprint density at radius 3 is 2.52 bits per heavy atom. The number of hydrogen-bond donors (Lipinski definition) is 3. The summed E-state index contributed by atoms with van der Waals surface area (Å²) in [5, 5.41) is 4.80. The van der Waals surface area contributed by atoms with Crippen LogP contribution >= 0.6 is 0 Å². The largest absolute Gasteiger partial charge is 0.497 e. The van der Waals surface area contributed by atoms with Crippen molar-refractivity contribution in [3.8, 4) is 5.75 Å². The SMILES string of the molecule is CCOC(=O)NC(=O)C[NH+](C)CC(=O)Nc1cccc(OC)c1. The zero-order valence-corrected chi connectivity index (χ0v) is 13.5. The molecular weight excluding hydrogens is 302 g/mol. The van der Waals surface area contributed by atoms with Gasteiger partial charge in [0, 0.05) is 11.8 Å². The molecule has 0 bridgehead atoms. The van der Waals surface area contributed by atoms with Crippen molar-refractivity contribution in [3.63, 3.8) is 0 Å². The van der Waals surface area contributed by atoms with Crippen molar-refractivity contribution in [2.75, 3.05) is 39.2 Å². The van der Waals surface area contributed by atoms with E-state index in [1.54, 1.807) is 45.3 Å². The molecular formula is C15H22N3O5+. The second-order valence-electron chi connectivity index (χ2n) is 4.86. The lowest BCUT2D eigenvalue weighted by Gasteiger charge is -2.13. The van der Waals surface area contributed by atoms with Crippen molar-refractivity contribution >= 4 is 23.6 Å². The van der Waals surface area contributed by atoms with E-state index in [2.05, 4.69) is 15.4 Å². The highest BCUT2D eigenvalue weighted by molar-refractivity contribution is 5.93. The Kier molecular flexibility index (Phi) is 7.55. The summed E-state index contributed by atoms with van der Waals surface area (Å²) in [5.41, 5.74) is 0.609. The first-order valence-electron chi connectivity index (χ1n) is 7.16. The van der Waals surface area contributed by atoms with Crippen molar-refractivity contribution in [1.82, 2.24) is 5.32 Å². The average Bonchev–Trinajstić information content (AvgIpc) is 2.46. The Bertz CT molecular complexity index is 562. The van der Waals surface area contributed by atoms with E-state index in [1.807, 2.05) is 0 Å². The summed E-state index contributed by atoms with van der Waals surface area (Å²) in [5.74, 6) is -0.118. The quantitative estimate of drug-likeness (QED) is 0.623. The van der Waals surface area contributed by atoms with Gasteiger partial charge in [0.25, 0.3) is 11.8 Å². The molecule has 0 aliphatic carbocycles. The van der Waals surface area contributed by atoms with Crippen LogP contribution in [0.2, 0.25) is 0 Å². The van der Waals surface area contributed by atoms with E-state index >= 15 is 0 Å². The number of alkyl carbamates (subject to hydrolysis) is 1. The van der Waals surface area contributed by atoms with Crippen LogP contribution in [0.15, 0.2) is 24.3 Å². The number of likely N-dealkylation sites (N-methyl/N-ethyl adjacent to an activating group) is 1. The highest BCUT2D eigenvalue weighted by atomic mass is 16.5. The van der Waals surface area contributed by atoms with E-state index in [0.717, 1.165) is 0 Å². The topological polar surface area (TPSA) is 98.2 Å². The lowest BCUT2D eigenvalue weighted by molar-refractivity contribution is -0.862. The molecule has 1 unspecified atom stereocenters. The number of quaternary nitrogens is 1. The van der Waals surface area contributed by atoms with E-state index in [4.69, 9.17) is 4.74 Å². The van der Waals surface area contributed by atoms with Crippen LogP contribution in [0, 0.1) is 0 Å². The Labute approximate surface area is 134 Å². The molecule has 0 aliphatic heterocycles. The van der Waals surface area contributed by atoms with Gasteiger partial charge in [-0.25, -0.2) is 4.79 Å². The fourth-order valence-electron chi connectivity index (χ4n) is 1.84. The third kappa shape index (κ3) is 7.28. The maximum atomic E-state index is 11.9. The van der Waals surface area contributed by atoms with Gasteiger partial charge in [0.2, 0.25) is 0 Å². The van der Waals surface area contributed by atoms with Gasteiger partial charge in [-0.3, -0.25) is 14.9 Å². The zero-order valence-electron chi connectivity index (χ0n) is 13.5. The highest BCUT2D eigenvalue weighted by Crippen LogP contribution is 2.16. The zero-order chi connectivity index (χ0) is 17.2. The van der Waals surface area contributed by atoms with Gasteiger partial charge in [0.1, 0.15) is 5.75 Å². The first-order chi connectivity index (χ1) is 10.9. The molecule has 8 nitrogen and oxygen atoms in total. The molecule has 1 aromatic carbocycles. The molecule has 0 fully saturated rings. The summed E-state index contributed by atoms with van der Waals surface area (Å²) >= 11 is 0. The van der Waals surface area contributed by atoms with Crippen LogP contribution in [0.1, 0.15) is 6.92 Å². The van der Waals surface area contributed by atoms with Crippen molar-refractivity contribution in [2.45, 2.75) is 6.92 Å². The predicted octanol–water partition coefficient (Wildman–Crippen LogP) is -0.579. The molecule has 0 saturated heterocycles. The number of hydrogen-bond acceptors (Lipinski definition) is 5. The third-order valence-electron chi connectivity index (χ3n) is 2.80. The molecule has 1 aromatic rings. The van der Waals surface area contributed by atoms with E-state index in [-0.39, 0.29) is 25.6 Å². The Morgan fingerprint density at radius 1 is 1.17 bits per heavy atom. The molecule has 3 N–H and O–H groups in total. The van der Waals surface area contributed by atoms with Gasteiger partial charge < -0.3 is 19.7 Å². The van der Waals surface area contributed by atoms with E-state index in [1.165, 1.54) is 0 Å². The number of imide groups is 1. The van der Waals surface area contributed by atoms with Gasteiger partial charge in [-0.1, -0.05) is 6.07 Å². The van der Waals surface area contributed by atoms with Crippen LogP contribution in [0.4, 0.5) is 10.5 Å². The summed E-state index contributed by atoms with van der Waals surface area (Å²) in [7, 11) is 3.22. The third-order valence-corrected chi connectivity index (χ3v) is 2.80. The maximum Gasteiger partial charge on any atom is 0.414 e. The molecule has 0 heterocycles. The van der Waals surface area contributed by atoms with Crippen LogP contribution in [0.5, 0.6) is 5.75 Å². The van der Waals surface area contributed by atoms with Crippen LogP contribution in [-0.4, -0.2) is 51.8 Å². The number of nitrogens with one attached hydrogen (secondary N) is 3. The minimum absolute atomic E-state index is 0.0235. The van der Waals surface area contributed by atoms with Gasteiger partial charge in [0.15, 0.2) is 13.1 Å². The number of anilines is 1. The molecule has 1 atom stereocenters. The van der Waals surface area contributed by atoms with Gasteiger partial charge in [0.05, 0.1) is 20.8 Å². The first kappa shape index (κ1) is 18.4. The van der Waals surface area contributed by atoms with Gasteiger partial charge in [-0.15, -0.1) is 0 Å².